The van der Waals surface area contributed by atoms with Crippen molar-refractivity contribution in [2.45, 2.75) is 9.92 Å². The van der Waals surface area contributed by atoms with Crippen LogP contribution in [-0.4, -0.2) is 16.1 Å². The maximum Gasteiger partial charge on any atom is 0.354 e. The van der Waals surface area contributed by atoms with Crippen molar-refractivity contribution in [2.24, 2.45) is 0 Å². The van der Waals surface area contributed by atoms with Gasteiger partial charge in [-0.25, -0.2) is 18.6 Å². The molecule has 0 atom stereocenters. The van der Waals surface area contributed by atoms with Crippen molar-refractivity contribution < 1.29 is 18.7 Å². The molecule has 0 aliphatic heterocycles. The smallest absolute Gasteiger partial charge is 0.354 e. The highest BCUT2D eigenvalue weighted by Gasteiger charge is 2.12. The zero-order chi connectivity index (χ0) is 14.0. The van der Waals surface area contributed by atoms with E-state index in [4.69, 9.17) is 10.8 Å². The zero-order valence-corrected chi connectivity index (χ0v) is 10.2. The van der Waals surface area contributed by atoms with Crippen LogP contribution in [0.15, 0.2) is 40.3 Å². The van der Waals surface area contributed by atoms with Gasteiger partial charge < -0.3 is 10.8 Å². The molecule has 0 fully saturated rings. The summed E-state index contributed by atoms with van der Waals surface area (Å²) >= 11 is 0.772. The maximum atomic E-state index is 13.5. The Labute approximate surface area is 111 Å². The topological polar surface area (TPSA) is 76.2 Å². The van der Waals surface area contributed by atoms with Gasteiger partial charge in [0.05, 0.1) is 10.6 Å². The summed E-state index contributed by atoms with van der Waals surface area (Å²) in [4.78, 5) is 14.6. The summed E-state index contributed by atoms with van der Waals surface area (Å²) in [5.41, 5.74) is 5.61. The molecule has 0 unspecified atom stereocenters. The van der Waals surface area contributed by atoms with Crippen molar-refractivity contribution in [3.8, 4) is 0 Å². The molecule has 98 valence electrons. The maximum absolute atomic E-state index is 13.5. The number of halogens is 2. The van der Waals surface area contributed by atoms with E-state index in [1.165, 1.54) is 12.1 Å². The highest BCUT2D eigenvalue weighted by molar-refractivity contribution is 7.99. The Morgan fingerprint density at radius 2 is 2.00 bits per heavy atom. The number of rotatable bonds is 3. The number of benzene rings is 1. The molecule has 0 saturated heterocycles. The van der Waals surface area contributed by atoms with E-state index >= 15 is 0 Å². The largest absolute Gasteiger partial charge is 0.477 e. The number of carbonyl (C=O) groups is 1. The molecule has 19 heavy (non-hydrogen) atoms. The van der Waals surface area contributed by atoms with Crippen LogP contribution in [0.25, 0.3) is 0 Å². The number of anilines is 1. The Morgan fingerprint density at radius 3 is 2.68 bits per heavy atom. The second-order valence-corrected chi connectivity index (χ2v) is 4.60. The number of carboxylic acids is 1. The van der Waals surface area contributed by atoms with E-state index in [9.17, 15) is 13.6 Å². The van der Waals surface area contributed by atoms with E-state index in [1.807, 2.05) is 0 Å². The van der Waals surface area contributed by atoms with Crippen molar-refractivity contribution in [1.82, 2.24) is 4.98 Å². The first-order valence-corrected chi connectivity index (χ1v) is 5.92. The van der Waals surface area contributed by atoms with Crippen LogP contribution in [0.4, 0.5) is 14.5 Å². The zero-order valence-electron chi connectivity index (χ0n) is 9.43. The normalized spacial score (nSPS) is 10.4. The Balaban J connectivity index is 2.40. The van der Waals surface area contributed by atoms with Crippen LogP contribution in [0.3, 0.4) is 0 Å². The van der Waals surface area contributed by atoms with Gasteiger partial charge in [-0.3, -0.25) is 0 Å². The van der Waals surface area contributed by atoms with E-state index in [0.717, 1.165) is 30.0 Å². The third-order valence-electron chi connectivity index (χ3n) is 2.21. The lowest BCUT2D eigenvalue weighted by Gasteiger charge is -2.06. The van der Waals surface area contributed by atoms with Gasteiger partial charge in [0.2, 0.25) is 0 Å². The van der Waals surface area contributed by atoms with Gasteiger partial charge in [-0.15, -0.1) is 0 Å². The number of hydrogen-bond acceptors (Lipinski definition) is 4. The molecule has 0 radical (unpaired) electrons. The van der Waals surface area contributed by atoms with E-state index in [0.29, 0.717) is 0 Å². The number of nitrogens with two attached hydrogens (primary N) is 1. The number of nitrogens with zero attached hydrogens (tertiary/aromatic N) is 1. The highest BCUT2D eigenvalue weighted by atomic mass is 32.2. The fourth-order valence-electron chi connectivity index (χ4n) is 1.31. The van der Waals surface area contributed by atoms with Crippen LogP contribution in [0, 0.1) is 11.6 Å². The second-order valence-electron chi connectivity index (χ2n) is 3.57. The molecular formula is C12H8F2N2O2S. The molecule has 4 nitrogen and oxygen atoms in total. The van der Waals surface area contributed by atoms with Gasteiger partial charge >= 0.3 is 5.97 Å². The van der Waals surface area contributed by atoms with Gasteiger partial charge in [0.1, 0.15) is 22.4 Å². The van der Waals surface area contributed by atoms with Crippen LogP contribution in [0.2, 0.25) is 0 Å². The van der Waals surface area contributed by atoms with Gasteiger partial charge in [-0.1, -0.05) is 11.8 Å². The summed E-state index contributed by atoms with van der Waals surface area (Å²) in [5, 5.41) is 8.93. The number of aromatic nitrogens is 1. The molecule has 0 spiro atoms. The van der Waals surface area contributed by atoms with Crippen LogP contribution < -0.4 is 5.73 Å². The number of carboxylic acid groups (broad SMARTS) is 1. The molecule has 2 rings (SSSR count). The Bertz CT molecular complexity index is 650. The average Bonchev–Trinajstić information content (AvgIpc) is 2.36. The number of aromatic carboxylic acids is 1. The monoisotopic (exact) mass is 282 g/mol. The predicted octanol–water partition coefficient (Wildman–Crippen LogP) is 2.79. The van der Waals surface area contributed by atoms with Gasteiger partial charge in [0.25, 0.3) is 0 Å². The van der Waals surface area contributed by atoms with Crippen LogP contribution in [0.1, 0.15) is 10.5 Å². The first kappa shape index (κ1) is 13.3. The predicted molar refractivity (Wildman–Crippen MR) is 66.1 cm³/mol. The van der Waals surface area contributed by atoms with Crippen LogP contribution in [0.5, 0.6) is 0 Å². The van der Waals surface area contributed by atoms with E-state index < -0.39 is 17.6 Å². The summed E-state index contributed by atoms with van der Waals surface area (Å²) < 4.78 is 26.5. The minimum absolute atomic E-state index is 0.0123. The number of hydrogen-bond donors (Lipinski definition) is 2. The molecule has 1 aromatic carbocycles. The van der Waals surface area contributed by atoms with E-state index in [-0.39, 0.29) is 21.3 Å². The van der Waals surface area contributed by atoms with Gasteiger partial charge in [-0.2, -0.15) is 0 Å². The van der Waals surface area contributed by atoms with Gasteiger partial charge in [0, 0.05) is 0 Å². The summed E-state index contributed by atoms with van der Waals surface area (Å²) in [6.07, 6.45) is 0. The third kappa shape index (κ3) is 3.00. The third-order valence-corrected chi connectivity index (χ3v) is 3.26. The molecule has 0 saturated carbocycles. The minimum Gasteiger partial charge on any atom is -0.477 e. The lowest BCUT2D eigenvalue weighted by Crippen LogP contribution is -2.03. The highest BCUT2D eigenvalue weighted by Crippen LogP contribution is 2.32. The second kappa shape index (κ2) is 5.23. The van der Waals surface area contributed by atoms with E-state index in [2.05, 4.69) is 4.98 Å². The molecule has 1 aromatic heterocycles. The SMILES string of the molecule is Nc1ccc(C(=O)O)nc1Sc1cc(F)ccc1F. The van der Waals surface area contributed by atoms with E-state index in [1.54, 1.807) is 0 Å². The van der Waals surface area contributed by atoms with Gasteiger partial charge in [0.15, 0.2) is 0 Å². The van der Waals surface area contributed by atoms with Crippen molar-refractivity contribution in [3.05, 3.63) is 47.7 Å². The van der Waals surface area contributed by atoms with Crippen molar-refractivity contribution in [1.29, 1.82) is 0 Å². The molecule has 2 aromatic rings. The molecule has 0 aliphatic rings. The molecule has 3 N–H and O–H groups in total. The van der Waals surface area contributed by atoms with Crippen molar-refractivity contribution >= 4 is 23.4 Å². The molecular weight excluding hydrogens is 274 g/mol. The molecule has 0 aliphatic carbocycles. The summed E-state index contributed by atoms with van der Waals surface area (Å²) in [5.74, 6) is -2.45. The molecule has 7 heteroatoms. The fraction of sp³-hybridized carbons (Fsp3) is 0. The number of pyridine rings is 1. The van der Waals surface area contributed by atoms with Crippen molar-refractivity contribution in [2.75, 3.05) is 5.73 Å². The van der Waals surface area contributed by atoms with Crippen molar-refractivity contribution in [3.63, 3.8) is 0 Å². The van der Waals surface area contributed by atoms with Crippen LogP contribution in [-0.2, 0) is 0 Å². The molecule has 0 bridgehead atoms. The average molecular weight is 282 g/mol. The quantitative estimate of drug-likeness (QED) is 0.905. The lowest BCUT2D eigenvalue weighted by atomic mass is 10.3. The fourth-order valence-corrected chi connectivity index (χ4v) is 2.19. The lowest BCUT2D eigenvalue weighted by molar-refractivity contribution is 0.0690. The summed E-state index contributed by atoms with van der Waals surface area (Å²) in [6.45, 7) is 0. The molecule has 0 amide bonds. The Hall–Kier alpha value is -2.15. The molecule has 1 heterocycles. The minimum atomic E-state index is -1.22. The Morgan fingerprint density at radius 1 is 1.26 bits per heavy atom. The van der Waals surface area contributed by atoms with Crippen LogP contribution >= 0.6 is 11.8 Å². The first-order chi connectivity index (χ1) is 8.97. The number of nitrogen functional groups attached to an aromatic ring is 1. The summed E-state index contributed by atoms with van der Waals surface area (Å²) in [6, 6.07) is 5.56. The standard InChI is InChI=1S/C12H8F2N2O2S/c13-6-1-2-7(14)10(5-6)19-11-8(15)3-4-9(16-11)12(17)18/h1-5H,15H2,(H,17,18). The first-order valence-electron chi connectivity index (χ1n) is 5.10. The Kier molecular flexibility index (Phi) is 3.66. The summed E-state index contributed by atoms with van der Waals surface area (Å²) in [7, 11) is 0. The van der Waals surface area contributed by atoms with Gasteiger partial charge in [-0.05, 0) is 30.3 Å².